The number of carbonyl (C=O) groups is 1. The maximum Gasteiger partial charge on any atom is 0.320 e. The number of hydrogen-bond acceptors (Lipinski definition) is 3. The van der Waals surface area contributed by atoms with Crippen molar-refractivity contribution < 1.29 is 9.52 Å². The molecule has 2 fully saturated rings. The van der Waals surface area contributed by atoms with Gasteiger partial charge >= 0.3 is 5.91 Å². The van der Waals surface area contributed by atoms with E-state index in [1.165, 1.54) is 19.0 Å². The van der Waals surface area contributed by atoms with Gasteiger partial charge in [-0.05, 0) is 41.3 Å². The molecule has 1 saturated carbocycles. The van der Waals surface area contributed by atoms with Crippen LogP contribution < -0.4 is 4.73 Å². The third-order valence-electron chi connectivity index (χ3n) is 3.98. The Kier molecular flexibility index (Phi) is 3.94. The van der Waals surface area contributed by atoms with E-state index in [2.05, 4.69) is 20.8 Å². The van der Waals surface area contributed by atoms with Crippen LogP contribution in [0, 0.1) is 5.21 Å². The lowest BCUT2D eigenvalue weighted by Gasteiger charge is -2.21. The highest BCUT2D eigenvalue weighted by Crippen LogP contribution is 2.27. The molecule has 1 aromatic heterocycles. The van der Waals surface area contributed by atoms with Crippen molar-refractivity contribution in [2.24, 2.45) is 0 Å². The molecular formula is C14H18BrN3O2. The number of aromatic nitrogens is 1. The van der Waals surface area contributed by atoms with Gasteiger partial charge in [0.25, 0.3) is 5.69 Å². The molecule has 2 aliphatic rings. The van der Waals surface area contributed by atoms with Crippen LogP contribution in [0.3, 0.4) is 0 Å². The summed E-state index contributed by atoms with van der Waals surface area (Å²) in [5.41, 5.74) is 0.202. The number of rotatable bonds is 2. The molecule has 0 radical (unpaired) electrons. The summed E-state index contributed by atoms with van der Waals surface area (Å²) in [5.74, 6) is -0.162. The summed E-state index contributed by atoms with van der Waals surface area (Å²) in [5, 5.41) is 11.8. The summed E-state index contributed by atoms with van der Waals surface area (Å²) < 4.78 is 1.33. The standard InChI is InChI=1S/C14H18BrN3O2/c15-11-2-5-13(18(20)10-11)14(19)17-7-1-6-16(8-9-17)12-3-4-12/h2,5,10,12H,1,3-4,6-9H2. The van der Waals surface area contributed by atoms with E-state index in [-0.39, 0.29) is 11.6 Å². The average Bonchev–Trinajstić information content (AvgIpc) is 3.24. The maximum atomic E-state index is 12.4. The van der Waals surface area contributed by atoms with E-state index in [1.54, 1.807) is 17.0 Å². The fourth-order valence-electron chi connectivity index (χ4n) is 2.73. The zero-order chi connectivity index (χ0) is 14.1. The average molecular weight is 340 g/mol. The quantitative estimate of drug-likeness (QED) is 0.604. The smallest absolute Gasteiger partial charge is 0.320 e. The maximum absolute atomic E-state index is 12.4. The first-order valence-electron chi connectivity index (χ1n) is 7.07. The summed E-state index contributed by atoms with van der Waals surface area (Å²) in [6, 6.07) is 4.06. The lowest BCUT2D eigenvalue weighted by Crippen LogP contribution is -2.43. The molecule has 1 saturated heterocycles. The molecule has 1 amide bonds. The Hall–Kier alpha value is -1.14. The fraction of sp³-hybridized carbons (Fsp3) is 0.571. The van der Waals surface area contributed by atoms with Crippen LogP contribution in [0.4, 0.5) is 0 Å². The topological polar surface area (TPSA) is 50.5 Å². The number of pyridine rings is 1. The predicted octanol–water partition coefficient (Wildman–Crippen LogP) is 1.39. The highest BCUT2D eigenvalue weighted by atomic mass is 79.9. The van der Waals surface area contributed by atoms with Crippen molar-refractivity contribution in [3.63, 3.8) is 0 Å². The molecule has 0 unspecified atom stereocenters. The molecule has 0 bridgehead atoms. The Morgan fingerprint density at radius 2 is 2.05 bits per heavy atom. The Balaban J connectivity index is 1.69. The van der Waals surface area contributed by atoms with Crippen molar-refractivity contribution in [3.8, 4) is 0 Å². The molecular weight excluding hydrogens is 322 g/mol. The number of nitrogens with zero attached hydrogens (tertiary/aromatic N) is 3. The van der Waals surface area contributed by atoms with Crippen LogP contribution in [0.25, 0.3) is 0 Å². The molecule has 1 aromatic rings. The number of amides is 1. The van der Waals surface area contributed by atoms with Gasteiger partial charge in [-0.2, -0.15) is 4.73 Å². The second-order valence-electron chi connectivity index (χ2n) is 5.47. The van der Waals surface area contributed by atoms with Crippen LogP contribution >= 0.6 is 15.9 Å². The van der Waals surface area contributed by atoms with Crippen LogP contribution in [0.5, 0.6) is 0 Å². The van der Waals surface area contributed by atoms with E-state index in [0.717, 1.165) is 32.1 Å². The predicted molar refractivity (Wildman–Crippen MR) is 78.2 cm³/mol. The summed E-state index contributed by atoms with van der Waals surface area (Å²) in [6.07, 6.45) is 4.95. The summed E-state index contributed by atoms with van der Waals surface area (Å²) in [7, 11) is 0. The van der Waals surface area contributed by atoms with Crippen molar-refractivity contribution in [2.45, 2.75) is 25.3 Å². The highest BCUT2D eigenvalue weighted by molar-refractivity contribution is 9.10. The van der Waals surface area contributed by atoms with E-state index >= 15 is 0 Å². The van der Waals surface area contributed by atoms with Crippen LogP contribution in [-0.2, 0) is 0 Å². The van der Waals surface area contributed by atoms with E-state index in [9.17, 15) is 10.0 Å². The van der Waals surface area contributed by atoms with Crippen LogP contribution in [0.15, 0.2) is 22.8 Å². The Morgan fingerprint density at radius 1 is 1.25 bits per heavy atom. The summed E-state index contributed by atoms with van der Waals surface area (Å²) in [6.45, 7) is 3.43. The molecule has 6 heteroatoms. The number of hydrogen-bond donors (Lipinski definition) is 0. The number of carbonyl (C=O) groups excluding carboxylic acids is 1. The first-order valence-corrected chi connectivity index (χ1v) is 7.86. The Labute approximate surface area is 126 Å². The van der Waals surface area contributed by atoms with E-state index in [4.69, 9.17) is 0 Å². The van der Waals surface area contributed by atoms with Crippen LogP contribution in [-0.4, -0.2) is 47.9 Å². The first kappa shape index (κ1) is 13.8. The molecule has 0 atom stereocenters. The van der Waals surface area contributed by atoms with Gasteiger partial charge < -0.3 is 10.1 Å². The highest BCUT2D eigenvalue weighted by Gasteiger charge is 2.32. The minimum absolute atomic E-state index is 0.162. The molecule has 20 heavy (non-hydrogen) atoms. The van der Waals surface area contributed by atoms with Crippen LogP contribution in [0.2, 0.25) is 0 Å². The van der Waals surface area contributed by atoms with Gasteiger partial charge in [0.05, 0.1) is 4.47 Å². The molecule has 1 aliphatic heterocycles. The van der Waals surface area contributed by atoms with E-state index in [0.29, 0.717) is 15.7 Å². The first-order chi connectivity index (χ1) is 9.65. The second-order valence-corrected chi connectivity index (χ2v) is 6.39. The molecule has 0 N–H and O–H groups in total. The normalized spacial score (nSPS) is 20.8. The fourth-order valence-corrected chi connectivity index (χ4v) is 3.05. The largest absolute Gasteiger partial charge is 0.618 e. The van der Waals surface area contributed by atoms with Gasteiger partial charge in [-0.3, -0.25) is 9.69 Å². The van der Waals surface area contributed by atoms with E-state index in [1.807, 2.05) is 0 Å². The molecule has 108 valence electrons. The third kappa shape index (κ3) is 2.96. The Bertz CT molecular complexity index is 519. The third-order valence-corrected chi connectivity index (χ3v) is 4.45. The van der Waals surface area contributed by atoms with Gasteiger partial charge in [0.1, 0.15) is 0 Å². The zero-order valence-electron chi connectivity index (χ0n) is 11.3. The second kappa shape index (κ2) is 5.69. The minimum atomic E-state index is -0.162. The van der Waals surface area contributed by atoms with Crippen molar-refractivity contribution in [1.82, 2.24) is 9.80 Å². The van der Waals surface area contributed by atoms with Crippen molar-refractivity contribution in [2.75, 3.05) is 26.2 Å². The lowest BCUT2D eigenvalue weighted by molar-refractivity contribution is -0.608. The lowest BCUT2D eigenvalue weighted by atomic mass is 10.3. The van der Waals surface area contributed by atoms with Crippen molar-refractivity contribution in [3.05, 3.63) is 33.7 Å². The van der Waals surface area contributed by atoms with Crippen LogP contribution in [0.1, 0.15) is 29.8 Å². The van der Waals surface area contributed by atoms with Gasteiger partial charge in [0.15, 0.2) is 6.20 Å². The summed E-state index contributed by atoms with van der Waals surface area (Å²) >= 11 is 3.23. The van der Waals surface area contributed by atoms with Gasteiger partial charge in [-0.1, -0.05) is 0 Å². The molecule has 0 spiro atoms. The molecule has 3 rings (SSSR count). The summed E-state index contributed by atoms with van der Waals surface area (Å²) in [4.78, 5) is 16.7. The van der Waals surface area contributed by atoms with Crippen molar-refractivity contribution >= 4 is 21.8 Å². The van der Waals surface area contributed by atoms with Gasteiger partial charge in [-0.25, -0.2) is 0 Å². The number of halogens is 1. The molecule has 0 aromatic carbocycles. The zero-order valence-corrected chi connectivity index (χ0v) is 12.9. The monoisotopic (exact) mass is 339 g/mol. The van der Waals surface area contributed by atoms with Gasteiger partial charge in [-0.15, -0.1) is 0 Å². The molecule has 1 aliphatic carbocycles. The Morgan fingerprint density at radius 3 is 2.75 bits per heavy atom. The van der Waals surface area contributed by atoms with E-state index < -0.39 is 0 Å². The SMILES string of the molecule is O=C(c1ccc(Br)c[n+]1[O-])N1CCCN(C2CC2)CC1. The van der Waals surface area contributed by atoms with Crippen molar-refractivity contribution in [1.29, 1.82) is 0 Å². The van der Waals surface area contributed by atoms with Gasteiger partial charge in [0.2, 0.25) is 0 Å². The molecule has 5 nitrogen and oxygen atoms in total. The minimum Gasteiger partial charge on any atom is -0.618 e. The molecule has 2 heterocycles. The van der Waals surface area contributed by atoms with Gasteiger partial charge in [0, 0.05) is 38.3 Å².